The average molecular weight is 337 g/mol. The fraction of sp³-hybridized carbons (Fsp3) is 0.0714. The molecule has 5 nitrogen and oxygen atoms in total. The van der Waals surface area contributed by atoms with Crippen molar-refractivity contribution in [2.45, 2.75) is 0 Å². The topological polar surface area (TPSA) is 84.6 Å². The van der Waals surface area contributed by atoms with Crippen molar-refractivity contribution >= 4 is 33.2 Å². The number of benzene rings is 2. The van der Waals surface area contributed by atoms with Gasteiger partial charge in [0.15, 0.2) is 0 Å². The summed E-state index contributed by atoms with van der Waals surface area (Å²) in [4.78, 5) is 12.1. The van der Waals surface area contributed by atoms with E-state index in [0.29, 0.717) is 17.1 Å². The Labute approximate surface area is 124 Å². The van der Waals surface area contributed by atoms with E-state index in [1.165, 1.54) is 19.2 Å². The van der Waals surface area contributed by atoms with Crippen LogP contribution in [-0.4, -0.2) is 18.1 Å². The number of hydrogen-bond acceptors (Lipinski definition) is 4. The molecular weight excluding hydrogens is 324 g/mol. The molecule has 0 saturated heterocycles. The van der Waals surface area contributed by atoms with Gasteiger partial charge in [0.2, 0.25) is 0 Å². The Morgan fingerprint density at radius 2 is 2.05 bits per heavy atom. The summed E-state index contributed by atoms with van der Waals surface area (Å²) in [6, 6.07) is 9.58. The van der Waals surface area contributed by atoms with Crippen molar-refractivity contribution in [3.05, 3.63) is 46.4 Å². The number of anilines is 2. The summed E-state index contributed by atoms with van der Waals surface area (Å²) in [6.07, 6.45) is 0. The third-order valence-electron chi connectivity index (χ3n) is 2.71. The van der Waals surface area contributed by atoms with Crippen molar-refractivity contribution in [2.24, 2.45) is 0 Å². The molecule has 0 bridgehead atoms. The highest BCUT2D eigenvalue weighted by atomic mass is 79.9. The number of phenolic OH excluding ortho intramolecular Hbond substituents is 1. The van der Waals surface area contributed by atoms with Crippen LogP contribution < -0.4 is 15.8 Å². The number of carbonyl (C=O) groups is 1. The molecular formula is C14H13BrN2O3. The monoisotopic (exact) mass is 336 g/mol. The molecule has 1 amide bonds. The van der Waals surface area contributed by atoms with Crippen molar-refractivity contribution in [1.29, 1.82) is 0 Å². The SMILES string of the molecule is COc1ccc(C(=O)Nc2ccc(Br)cc2N)c(O)c1. The molecule has 0 unspecified atom stereocenters. The minimum Gasteiger partial charge on any atom is -0.507 e. The van der Waals surface area contributed by atoms with Crippen LogP contribution in [0.2, 0.25) is 0 Å². The van der Waals surface area contributed by atoms with Gasteiger partial charge in [0.25, 0.3) is 5.91 Å². The Morgan fingerprint density at radius 1 is 1.30 bits per heavy atom. The lowest BCUT2D eigenvalue weighted by Gasteiger charge is -2.10. The number of halogens is 1. The maximum absolute atomic E-state index is 12.1. The van der Waals surface area contributed by atoms with E-state index in [2.05, 4.69) is 21.2 Å². The summed E-state index contributed by atoms with van der Waals surface area (Å²) in [6.45, 7) is 0. The number of nitrogen functional groups attached to an aromatic ring is 1. The number of rotatable bonds is 3. The normalized spacial score (nSPS) is 10.1. The molecule has 0 radical (unpaired) electrons. The molecule has 0 heterocycles. The van der Waals surface area contributed by atoms with Gasteiger partial charge in [0.1, 0.15) is 11.5 Å². The standard InChI is InChI=1S/C14H13BrN2O3/c1-20-9-3-4-10(13(18)7-9)14(19)17-12-5-2-8(15)6-11(12)16/h2-7,18H,16H2,1H3,(H,17,19). The van der Waals surface area contributed by atoms with Crippen molar-refractivity contribution in [2.75, 3.05) is 18.2 Å². The number of nitrogens with one attached hydrogen (secondary N) is 1. The number of hydrogen-bond donors (Lipinski definition) is 3. The lowest BCUT2D eigenvalue weighted by atomic mass is 10.1. The summed E-state index contributed by atoms with van der Waals surface area (Å²) in [5.74, 6) is -0.126. The van der Waals surface area contributed by atoms with Gasteiger partial charge < -0.3 is 20.9 Å². The van der Waals surface area contributed by atoms with Gasteiger partial charge >= 0.3 is 0 Å². The van der Waals surface area contributed by atoms with Crippen molar-refractivity contribution in [1.82, 2.24) is 0 Å². The molecule has 0 aliphatic heterocycles. The van der Waals surface area contributed by atoms with Crippen LogP contribution in [-0.2, 0) is 0 Å². The summed E-state index contributed by atoms with van der Waals surface area (Å²) in [5.41, 5.74) is 6.86. The van der Waals surface area contributed by atoms with E-state index in [-0.39, 0.29) is 11.3 Å². The highest BCUT2D eigenvalue weighted by molar-refractivity contribution is 9.10. The van der Waals surface area contributed by atoms with Crippen LogP contribution in [0.25, 0.3) is 0 Å². The number of aromatic hydroxyl groups is 1. The zero-order chi connectivity index (χ0) is 14.7. The summed E-state index contributed by atoms with van der Waals surface area (Å²) in [7, 11) is 1.48. The van der Waals surface area contributed by atoms with Gasteiger partial charge in [-0.3, -0.25) is 4.79 Å². The first-order chi connectivity index (χ1) is 9.51. The predicted molar refractivity (Wildman–Crippen MR) is 81.2 cm³/mol. The molecule has 20 heavy (non-hydrogen) atoms. The largest absolute Gasteiger partial charge is 0.507 e. The van der Waals surface area contributed by atoms with Gasteiger partial charge in [0.05, 0.1) is 24.0 Å². The first-order valence-electron chi connectivity index (χ1n) is 5.74. The van der Waals surface area contributed by atoms with Crippen molar-refractivity contribution < 1.29 is 14.6 Å². The first-order valence-corrected chi connectivity index (χ1v) is 6.54. The average Bonchev–Trinajstić information content (AvgIpc) is 2.41. The Hall–Kier alpha value is -2.21. The van der Waals surface area contributed by atoms with Crippen LogP contribution in [0.3, 0.4) is 0 Å². The van der Waals surface area contributed by atoms with Gasteiger partial charge in [-0.25, -0.2) is 0 Å². The van der Waals surface area contributed by atoms with Crippen LogP contribution in [0.5, 0.6) is 11.5 Å². The molecule has 0 aliphatic carbocycles. The Balaban J connectivity index is 2.24. The van der Waals surface area contributed by atoms with Gasteiger partial charge in [-0.05, 0) is 30.3 Å². The second-order valence-electron chi connectivity index (χ2n) is 4.07. The lowest BCUT2D eigenvalue weighted by Crippen LogP contribution is -2.13. The van der Waals surface area contributed by atoms with Crippen LogP contribution >= 0.6 is 15.9 Å². The fourth-order valence-corrected chi connectivity index (χ4v) is 2.05. The van der Waals surface area contributed by atoms with Crippen LogP contribution in [0.15, 0.2) is 40.9 Å². The van der Waals surface area contributed by atoms with Gasteiger partial charge in [-0.1, -0.05) is 15.9 Å². The van der Waals surface area contributed by atoms with Crippen LogP contribution in [0, 0.1) is 0 Å². The van der Waals surface area contributed by atoms with E-state index >= 15 is 0 Å². The zero-order valence-electron chi connectivity index (χ0n) is 10.7. The number of phenols is 1. The van der Waals surface area contributed by atoms with E-state index < -0.39 is 5.91 Å². The van der Waals surface area contributed by atoms with Gasteiger partial charge in [0, 0.05) is 10.5 Å². The van der Waals surface area contributed by atoms with Crippen LogP contribution in [0.4, 0.5) is 11.4 Å². The number of nitrogens with two attached hydrogens (primary N) is 1. The number of ether oxygens (including phenoxy) is 1. The molecule has 0 spiro atoms. The molecule has 104 valence electrons. The van der Waals surface area contributed by atoms with E-state index in [4.69, 9.17) is 10.5 Å². The third-order valence-corrected chi connectivity index (χ3v) is 3.20. The van der Waals surface area contributed by atoms with Crippen LogP contribution in [0.1, 0.15) is 10.4 Å². The van der Waals surface area contributed by atoms with Gasteiger partial charge in [-0.15, -0.1) is 0 Å². The van der Waals surface area contributed by atoms with E-state index in [0.717, 1.165) is 4.47 Å². The summed E-state index contributed by atoms with van der Waals surface area (Å²) < 4.78 is 5.78. The number of amides is 1. The molecule has 0 aromatic heterocycles. The lowest BCUT2D eigenvalue weighted by molar-refractivity contribution is 0.102. The van der Waals surface area contributed by atoms with E-state index in [1.807, 2.05) is 0 Å². The maximum atomic E-state index is 12.1. The molecule has 4 N–H and O–H groups in total. The molecule has 2 rings (SSSR count). The quantitative estimate of drug-likeness (QED) is 0.752. The highest BCUT2D eigenvalue weighted by Crippen LogP contribution is 2.27. The smallest absolute Gasteiger partial charge is 0.259 e. The minimum absolute atomic E-state index is 0.146. The van der Waals surface area contributed by atoms with Gasteiger partial charge in [-0.2, -0.15) is 0 Å². The van der Waals surface area contributed by atoms with E-state index in [9.17, 15) is 9.90 Å². The second kappa shape index (κ2) is 5.83. The third kappa shape index (κ3) is 3.03. The molecule has 0 saturated carbocycles. The molecule has 6 heteroatoms. The minimum atomic E-state index is -0.445. The highest BCUT2D eigenvalue weighted by Gasteiger charge is 2.13. The number of methoxy groups -OCH3 is 1. The fourth-order valence-electron chi connectivity index (χ4n) is 1.67. The second-order valence-corrected chi connectivity index (χ2v) is 4.98. The molecule has 0 atom stereocenters. The first kappa shape index (κ1) is 14.2. The summed E-state index contributed by atoms with van der Waals surface area (Å²) in [5, 5.41) is 12.5. The predicted octanol–water partition coefficient (Wildman–Crippen LogP) is 3.00. The molecule has 0 aliphatic rings. The summed E-state index contributed by atoms with van der Waals surface area (Å²) >= 11 is 3.29. The van der Waals surface area contributed by atoms with Crippen molar-refractivity contribution in [3.63, 3.8) is 0 Å². The Morgan fingerprint density at radius 3 is 2.65 bits per heavy atom. The Kier molecular flexibility index (Phi) is 4.14. The van der Waals surface area contributed by atoms with E-state index in [1.54, 1.807) is 24.3 Å². The molecule has 2 aromatic rings. The molecule has 2 aromatic carbocycles. The maximum Gasteiger partial charge on any atom is 0.259 e. The van der Waals surface area contributed by atoms with Crippen molar-refractivity contribution in [3.8, 4) is 11.5 Å². The molecule has 0 fully saturated rings. The zero-order valence-corrected chi connectivity index (χ0v) is 12.3. The number of carbonyl (C=O) groups excluding carboxylic acids is 1. The Bertz CT molecular complexity index is 659.